The van der Waals surface area contributed by atoms with Crippen molar-refractivity contribution in [2.75, 3.05) is 4.90 Å². The molecule has 0 radical (unpaired) electrons. The fraction of sp³-hybridized carbons (Fsp3) is 0.179. The third-order valence-corrected chi connectivity index (χ3v) is 6.54. The molecule has 1 aliphatic rings. The molecule has 0 fully saturated rings. The lowest BCUT2D eigenvalue weighted by Crippen LogP contribution is -2.46. The van der Waals surface area contributed by atoms with Gasteiger partial charge in [-0.25, -0.2) is 4.39 Å². The van der Waals surface area contributed by atoms with Gasteiger partial charge in [0.05, 0.1) is 11.6 Å². The number of hydrogen-bond donors (Lipinski definition) is 1. The van der Waals surface area contributed by atoms with E-state index in [4.69, 9.17) is 21.7 Å². The van der Waals surface area contributed by atoms with Crippen LogP contribution in [0.15, 0.2) is 83.0 Å². The number of halogens is 1. The molecule has 0 saturated heterocycles. The van der Waals surface area contributed by atoms with E-state index in [1.54, 1.807) is 6.07 Å². The van der Waals surface area contributed by atoms with Crippen molar-refractivity contribution in [3.8, 4) is 11.4 Å². The topological polar surface area (TPSA) is 54.2 Å². The number of anilines is 1. The Kier molecular flexibility index (Phi) is 6.17. The number of aromatic nitrogens is 2. The molecule has 3 aromatic carbocycles. The average molecular weight is 485 g/mol. The van der Waals surface area contributed by atoms with Crippen LogP contribution >= 0.6 is 12.2 Å². The number of hydrogen-bond acceptors (Lipinski definition) is 4. The van der Waals surface area contributed by atoms with Crippen molar-refractivity contribution in [2.45, 2.75) is 33.2 Å². The molecule has 1 N–H and O–H groups in total. The molecule has 0 amide bonds. The summed E-state index contributed by atoms with van der Waals surface area (Å²) in [5.74, 6) is 0.526. The van der Waals surface area contributed by atoms with Crippen molar-refractivity contribution >= 4 is 28.6 Å². The number of aryl methyl sites for hydroxylation is 2. The van der Waals surface area contributed by atoms with Crippen molar-refractivity contribution in [1.29, 1.82) is 0 Å². The van der Waals surface area contributed by atoms with Crippen molar-refractivity contribution in [1.82, 2.24) is 15.5 Å². The average Bonchev–Trinajstić information content (AvgIpc) is 3.34. The van der Waals surface area contributed by atoms with Gasteiger partial charge in [-0.05, 0) is 67.9 Å². The highest BCUT2D eigenvalue weighted by atomic mass is 32.1. The quantitative estimate of drug-likeness (QED) is 0.322. The second-order valence-electron chi connectivity index (χ2n) is 8.58. The normalized spacial score (nSPS) is 15.9. The van der Waals surface area contributed by atoms with Gasteiger partial charge >= 0.3 is 0 Å². The second-order valence-corrected chi connectivity index (χ2v) is 8.97. The lowest BCUT2D eigenvalue weighted by Gasteiger charge is -2.37. The largest absolute Gasteiger partial charge is 0.351 e. The molecule has 0 bridgehead atoms. The summed E-state index contributed by atoms with van der Waals surface area (Å²) in [5.41, 5.74) is 6.47. The van der Waals surface area contributed by atoms with E-state index in [1.807, 2.05) is 61.2 Å². The maximum Gasteiger partial charge on any atom is 0.258 e. The number of nitrogens with zero attached hydrogens (tertiary/aromatic N) is 3. The van der Waals surface area contributed by atoms with Gasteiger partial charge in [-0.1, -0.05) is 66.2 Å². The molecular formula is C28H25FN4OS. The van der Waals surface area contributed by atoms with E-state index >= 15 is 0 Å². The summed E-state index contributed by atoms with van der Waals surface area (Å²) < 4.78 is 20.0. The van der Waals surface area contributed by atoms with E-state index in [0.717, 1.165) is 40.1 Å². The van der Waals surface area contributed by atoms with Crippen molar-refractivity contribution in [2.24, 2.45) is 0 Å². The minimum absolute atomic E-state index is 0.323. The lowest BCUT2D eigenvalue weighted by atomic mass is 9.94. The molecule has 1 unspecified atom stereocenters. The van der Waals surface area contributed by atoms with E-state index in [1.165, 1.54) is 17.7 Å². The molecule has 176 valence electrons. The Labute approximate surface area is 209 Å². The second kappa shape index (κ2) is 9.43. The fourth-order valence-electron chi connectivity index (χ4n) is 4.30. The molecule has 0 spiro atoms. The first-order valence-corrected chi connectivity index (χ1v) is 11.9. The zero-order valence-corrected chi connectivity index (χ0v) is 20.6. The zero-order valence-electron chi connectivity index (χ0n) is 19.7. The van der Waals surface area contributed by atoms with Gasteiger partial charge in [0.2, 0.25) is 5.82 Å². The summed E-state index contributed by atoms with van der Waals surface area (Å²) >= 11 is 5.77. The molecule has 2 heterocycles. The van der Waals surface area contributed by atoms with Gasteiger partial charge in [0, 0.05) is 16.9 Å². The standard InChI is InChI=1S/C28H25FN4OS/c1-4-19-10-14-23(15-11-19)33-18(3)24(25(30-28(33)35)21-6-5-7-22(29)16-21)27-31-26(32-34-27)20-12-8-17(2)9-13-20/h5-16,25H,4H2,1-3H3,(H,30,35). The van der Waals surface area contributed by atoms with Crippen LogP contribution in [0.5, 0.6) is 0 Å². The Balaban J connectivity index is 1.64. The zero-order chi connectivity index (χ0) is 24.5. The van der Waals surface area contributed by atoms with Gasteiger partial charge in [0.15, 0.2) is 5.11 Å². The van der Waals surface area contributed by atoms with Crippen molar-refractivity contribution in [3.05, 3.63) is 107 Å². The van der Waals surface area contributed by atoms with E-state index in [2.05, 4.69) is 29.5 Å². The number of thiocarbonyl (C=S) groups is 1. The molecule has 5 rings (SSSR count). The van der Waals surface area contributed by atoms with Gasteiger partial charge in [-0.15, -0.1) is 0 Å². The summed E-state index contributed by atoms with van der Waals surface area (Å²) in [4.78, 5) is 6.68. The highest BCUT2D eigenvalue weighted by Gasteiger charge is 2.35. The third-order valence-electron chi connectivity index (χ3n) is 6.24. The minimum atomic E-state index is -0.448. The van der Waals surface area contributed by atoms with Gasteiger partial charge in [0.1, 0.15) is 5.82 Å². The number of nitrogens with one attached hydrogen (secondary N) is 1. The van der Waals surface area contributed by atoms with E-state index < -0.39 is 6.04 Å². The van der Waals surface area contributed by atoms with E-state index in [9.17, 15) is 4.39 Å². The Bertz CT molecular complexity index is 1410. The van der Waals surface area contributed by atoms with Crippen molar-refractivity contribution in [3.63, 3.8) is 0 Å². The van der Waals surface area contributed by atoms with Crippen LogP contribution in [0.1, 0.15) is 42.5 Å². The highest BCUT2D eigenvalue weighted by molar-refractivity contribution is 7.80. The Morgan fingerprint density at radius 3 is 2.46 bits per heavy atom. The van der Waals surface area contributed by atoms with Crippen LogP contribution in [-0.4, -0.2) is 15.3 Å². The van der Waals surface area contributed by atoms with Crippen molar-refractivity contribution < 1.29 is 8.91 Å². The first-order chi connectivity index (χ1) is 16.9. The predicted molar refractivity (Wildman–Crippen MR) is 140 cm³/mol. The van der Waals surface area contributed by atoms with Gasteiger partial charge in [-0.2, -0.15) is 4.98 Å². The van der Waals surface area contributed by atoms with Crippen LogP contribution in [0.4, 0.5) is 10.1 Å². The molecule has 4 aromatic rings. The molecule has 1 aliphatic heterocycles. The van der Waals surface area contributed by atoms with Crippen LogP contribution in [0, 0.1) is 12.7 Å². The highest BCUT2D eigenvalue weighted by Crippen LogP contribution is 2.39. The summed E-state index contributed by atoms with van der Waals surface area (Å²) in [6.45, 7) is 6.12. The first kappa shape index (κ1) is 22.9. The lowest BCUT2D eigenvalue weighted by molar-refractivity contribution is 0.404. The number of allylic oxidation sites excluding steroid dienone is 1. The SMILES string of the molecule is CCc1ccc(N2C(=S)NC(c3cccc(F)c3)C(c3nc(-c4ccc(C)cc4)no3)=C2C)cc1. The molecule has 5 nitrogen and oxygen atoms in total. The van der Waals surface area contributed by atoms with E-state index in [-0.39, 0.29) is 5.82 Å². The van der Waals surface area contributed by atoms with Gasteiger partial charge < -0.3 is 9.84 Å². The smallest absolute Gasteiger partial charge is 0.258 e. The van der Waals surface area contributed by atoms with Gasteiger partial charge in [0.25, 0.3) is 5.89 Å². The summed E-state index contributed by atoms with van der Waals surface area (Å²) in [6.07, 6.45) is 0.953. The summed E-state index contributed by atoms with van der Waals surface area (Å²) in [5, 5.41) is 8.13. The van der Waals surface area contributed by atoms with Crippen LogP contribution in [0.3, 0.4) is 0 Å². The maximum atomic E-state index is 14.2. The minimum Gasteiger partial charge on any atom is -0.351 e. The molecular weight excluding hydrogens is 459 g/mol. The Hall–Kier alpha value is -3.84. The summed E-state index contributed by atoms with van der Waals surface area (Å²) in [7, 11) is 0. The van der Waals surface area contributed by atoms with Crippen LogP contribution < -0.4 is 10.2 Å². The number of rotatable bonds is 5. The molecule has 1 atom stereocenters. The van der Waals surface area contributed by atoms with Crippen LogP contribution in [0.2, 0.25) is 0 Å². The van der Waals surface area contributed by atoms with E-state index in [0.29, 0.717) is 16.8 Å². The predicted octanol–water partition coefficient (Wildman–Crippen LogP) is 6.61. The molecule has 7 heteroatoms. The number of benzene rings is 3. The maximum absolute atomic E-state index is 14.2. The molecule has 1 aromatic heterocycles. The third kappa shape index (κ3) is 4.47. The van der Waals surface area contributed by atoms with Crippen LogP contribution in [0.25, 0.3) is 17.0 Å². The molecule has 0 aliphatic carbocycles. The first-order valence-electron chi connectivity index (χ1n) is 11.5. The fourth-order valence-corrected chi connectivity index (χ4v) is 4.66. The Morgan fingerprint density at radius 1 is 1.03 bits per heavy atom. The monoisotopic (exact) mass is 484 g/mol. The molecule has 0 saturated carbocycles. The summed E-state index contributed by atoms with van der Waals surface area (Å²) in [6, 6.07) is 22.2. The molecule has 35 heavy (non-hydrogen) atoms. The van der Waals surface area contributed by atoms with Gasteiger partial charge in [-0.3, -0.25) is 4.90 Å². The Morgan fingerprint density at radius 2 is 1.77 bits per heavy atom. The van der Waals surface area contributed by atoms with Crippen LogP contribution in [-0.2, 0) is 6.42 Å².